The van der Waals surface area contributed by atoms with Gasteiger partial charge in [0.25, 0.3) is 0 Å². The van der Waals surface area contributed by atoms with Crippen LogP contribution < -0.4 is 10.5 Å². The Morgan fingerprint density at radius 1 is 1.38 bits per heavy atom. The van der Waals surface area contributed by atoms with E-state index in [4.69, 9.17) is 10.5 Å². The van der Waals surface area contributed by atoms with Gasteiger partial charge in [0.05, 0.1) is 7.11 Å². The van der Waals surface area contributed by atoms with Gasteiger partial charge in [-0.05, 0) is 31.4 Å². The van der Waals surface area contributed by atoms with Crippen molar-refractivity contribution in [3.05, 3.63) is 29.8 Å². The van der Waals surface area contributed by atoms with Crippen molar-refractivity contribution in [2.75, 3.05) is 7.11 Å². The van der Waals surface area contributed by atoms with E-state index in [1.807, 2.05) is 25.1 Å². The van der Waals surface area contributed by atoms with Gasteiger partial charge in [-0.1, -0.05) is 18.2 Å². The summed E-state index contributed by atoms with van der Waals surface area (Å²) < 4.78 is 5.24. The molecule has 0 heterocycles. The van der Waals surface area contributed by atoms with Gasteiger partial charge >= 0.3 is 0 Å². The van der Waals surface area contributed by atoms with Gasteiger partial charge in [0.15, 0.2) is 0 Å². The molecule has 0 unspecified atom stereocenters. The lowest BCUT2D eigenvalue weighted by atomic mass is 10.1. The molecule has 0 radical (unpaired) electrons. The van der Waals surface area contributed by atoms with Gasteiger partial charge in [-0.2, -0.15) is 0 Å². The summed E-state index contributed by atoms with van der Waals surface area (Å²) in [6.45, 7) is 2.02. The van der Waals surface area contributed by atoms with Crippen molar-refractivity contribution in [3.8, 4) is 5.75 Å². The lowest BCUT2D eigenvalue weighted by Gasteiger charge is -2.09. The SMILES string of the molecule is COc1ccccc1CC[C@H](C)N. The molecule has 0 aliphatic rings. The zero-order valence-corrected chi connectivity index (χ0v) is 8.29. The summed E-state index contributed by atoms with van der Waals surface area (Å²) in [5.41, 5.74) is 6.93. The minimum atomic E-state index is 0.255. The molecule has 2 N–H and O–H groups in total. The largest absolute Gasteiger partial charge is 0.496 e. The third kappa shape index (κ3) is 3.07. The molecule has 0 bridgehead atoms. The first-order valence-corrected chi connectivity index (χ1v) is 4.61. The predicted octanol–water partition coefficient (Wildman–Crippen LogP) is 1.98. The molecular weight excluding hydrogens is 162 g/mol. The minimum Gasteiger partial charge on any atom is -0.496 e. The summed E-state index contributed by atoms with van der Waals surface area (Å²) in [5, 5.41) is 0. The maximum atomic E-state index is 5.69. The van der Waals surface area contributed by atoms with Crippen molar-refractivity contribution in [1.82, 2.24) is 0 Å². The van der Waals surface area contributed by atoms with E-state index in [-0.39, 0.29) is 6.04 Å². The number of benzene rings is 1. The third-order valence-corrected chi connectivity index (χ3v) is 2.06. The quantitative estimate of drug-likeness (QED) is 0.767. The number of ether oxygens (including phenoxy) is 1. The van der Waals surface area contributed by atoms with Crippen molar-refractivity contribution >= 4 is 0 Å². The second-order valence-corrected chi connectivity index (χ2v) is 3.33. The molecule has 13 heavy (non-hydrogen) atoms. The number of aryl methyl sites for hydroxylation is 1. The van der Waals surface area contributed by atoms with Crippen LogP contribution in [0.4, 0.5) is 0 Å². The Hall–Kier alpha value is -1.02. The normalized spacial score (nSPS) is 12.5. The van der Waals surface area contributed by atoms with Crippen LogP contribution in [0.15, 0.2) is 24.3 Å². The van der Waals surface area contributed by atoms with E-state index in [1.165, 1.54) is 5.56 Å². The molecule has 0 saturated heterocycles. The van der Waals surface area contributed by atoms with Crippen LogP contribution in [0.3, 0.4) is 0 Å². The van der Waals surface area contributed by atoms with Crippen molar-refractivity contribution in [1.29, 1.82) is 0 Å². The summed E-state index contributed by atoms with van der Waals surface area (Å²) in [6, 6.07) is 8.33. The molecule has 1 atom stereocenters. The molecular formula is C11H17NO. The first-order valence-electron chi connectivity index (χ1n) is 4.61. The fourth-order valence-electron chi connectivity index (χ4n) is 1.29. The lowest BCUT2D eigenvalue weighted by Crippen LogP contribution is -2.15. The maximum absolute atomic E-state index is 5.69. The Balaban J connectivity index is 2.64. The molecule has 1 rings (SSSR count). The zero-order valence-electron chi connectivity index (χ0n) is 8.29. The van der Waals surface area contributed by atoms with Gasteiger partial charge in [-0.3, -0.25) is 0 Å². The van der Waals surface area contributed by atoms with Crippen molar-refractivity contribution < 1.29 is 4.74 Å². The standard InChI is InChI=1S/C11H17NO/c1-9(12)7-8-10-5-3-4-6-11(10)13-2/h3-6,9H,7-8,12H2,1-2H3/t9-/m0/s1. The van der Waals surface area contributed by atoms with Crippen LogP contribution in [-0.2, 0) is 6.42 Å². The van der Waals surface area contributed by atoms with E-state index < -0.39 is 0 Å². The van der Waals surface area contributed by atoms with E-state index in [0.29, 0.717) is 0 Å². The van der Waals surface area contributed by atoms with Gasteiger partial charge in [-0.25, -0.2) is 0 Å². The van der Waals surface area contributed by atoms with E-state index in [9.17, 15) is 0 Å². The predicted molar refractivity (Wildman–Crippen MR) is 55.0 cm³/mol. The van der Waals surface area contributed by atoms with Gasteiger partial charge in [0.1, 0.15) is 5.75 Å². The summed E-state index contributed by atoms with van der Waals surface area (Å²) in [4.78, 5) is 0. The number of methoxy groups -OCH3 is 1. The highest BCUT2D eigenvalue weighted by Crippen LogP contribution is 2.18. The van der Waals surface area contributed by atoms with Crippen molar-refractivity contribution in [3.63, 3.8) is 0 Å². The Bertz CT molecular complexity index is 258. The van der Waals surface area contributed by atoms with Gasteiger partial charge in [0, 0.05) is 6.04 Å². The summed E-state index contributed by atoms with van der Waals surface area (Å²) in [5.74, 6) is 0.961. The van der Waals surface area contributed by atoms with Gasteiger partial charge in [-0.15, -0.1) is 0 Å². The second kappa shape index (κ2) is 4.87. The third-order valence-electron chi connectivity index (χ3n) is 2.06. The van der Waals surface area contributed by atoms with Crippen LogP contribution >= 0.6 is 0 Å². The van der Waals surface area contributed by atoms with Crippen LogP contribution in [0.1, 0.15) is 18.9 Å². The number of para-hydroxylation sites is 1. The Labute approximate surface area is 79.7 Å². The molecule has 0 spiro atoms. The summed E-state index contributed by atoms with van der Waals surface area (Å²) >= 11 is 0. The number of hydrogen-bond acceptors (Lipinski definition) is 2. The van der Waals surface area contributed by atoms with E-state index in [1.54, 1.807) is 7.11 Å². The zero-order chi connectivity index (χ0) is 9.68. The Morgan fingerprint density at radius 2 is 2.08 bits per heavy atom. The van der Waals surface area contributed by atoms with Crippen LogP contribution in [0.5, 0.6) is 5.75 Å². The lowest BCUT2D eigenvalue weighted by molar-refractivity contribution is 0.408. The van der Waals surface area contributed by atoms with E-state index >= 15 is 0 Å². The van der Waals surface area contributed by atoms with Crippen molar-refractivity contribution in [2.24, 2.45) is 5.73 Å². The highest BCUT2D eigenvalue weighted by atomic mass is 16.5. The first-order chi connectivity index (χ1) is 6.24. The molecule has 1 aromatic carbocycles. The Morgan fingerprint density at radius 3 is 2.69 bits per heavy atom. The second-order valence-electron chi connectivity index (χ2n) is 3.33. The molecule has 0 fully saturated rings. The van der Waals surface area contributed by atoms with Gasteiger partial charge < -0.3 is 10.5 Å². The van der Waals surface area contributed by atoms with Crippen LogP contribution in [0.2, 0.25) is 0 Å². The molecule has 0 aromatic heterocycles. The van der Waals surface area contributed by atoms with Crippen molar-refractivity contribution in [2.45, 2.75) is 25.8 Å². The smallest absolute Gasteiger partial charge is 0.122 e. The molecule has 2 heteroatoms. The number of rotatable bonds is 4. The fourth-order valence-corrected chi connectivity index (χ4v) is 1.29. The molecule has 2 nitrogen and oxygen atoms in total. The van der Waals surface area contributed by atoms with Gasteiger partial charge in [0.2, 0.25) is 0 Å². The highest BCUT2D eigenvalue weighted by Gasteiger charge is 2.02. The minimum absolute atomic E-state index is 0.255. The molecule has 1 aromatic rings. The maximum Gasteiger partial charge on any atom is 0.122 e. The molecule has 0 amide bonds. The number of hydrogen-bond donors (Lipinski definition) is 1. The summed E-state index contributed by atoms with van der Waals surface area (Å²) in [6.07, 6.45) is 1.99. The average molecular weight is 179 g/mol. The van der Waals surface area contributed by atoms with Crippen LogP contribution in [0.25, 0.3) is 0 Å². The van der Waals surface area contributed by atoms with E-state index in [0.717, 1.165) is 18.6 Å². The van der Waals surface area contributed by atoms with Crippen LogP contribution in [-0.4, -0.2) is 13.2 Å². The highest BCUT2D eigenvalue weighted by molar-refractivity contribution is 5.33. The molecule has 0 aliphatic heterocycles. The molecule has 0 saturated carbocycles. The van der Waals surface area contributed by atoms with E-state index in [2.05, 4.69) is 6.07 Å². The molecule has 72 valence electrons. The summed E-state index contributed by atoms with van der Waals surface area (Å²) in [7, 11) is 1.70. The van der Waals surface area contributed by atoms with Crippen LogP contribution in [0, 0.1) is 0 Å². The molecule has 0 aliphatic carbocycles. The monoisotopic (exact) mass is 179 g/mol. The first kappa shape index (κ1) is 10.1. The topological polar surface area (TPSA) is 35.2 Å². The Kier molecular flexibility index (Phi) is 3.77. The number of nitrogens with two attached hydrogens (primary N) is 1. The fraction of sp³-hybridized carbons (Fsp3) is 0.455. The average Bonchev–Trinajstić information content (AvgIpc) is 2.15.